The van der Waals surface area contributed by atoms with Crippen molar-refractivity contribution < 1.29 is 24.5 Å². The van der Waals surface area contributed by atoms with Gasteiger partial charge in [0.25, 0.3) is 0 Å². The van der Waals surface area contributed by atoms with Crippen LogP contribution in [0.3, 0.4) is 0 Å². The highest BCUT2D eigenvalue weighted by Gasteiger charge is 2.68. The summed E-state index contributed by atoms with van der Waals surface area (Å²) in [5, 5.41) is 24.2. The van der Waals surface area contributed by atoms with Gasteiger partial charge >= 0.3 is 5.97 Å². The number of Topliss-reactive ketones (excluding diaryl/α,β-unsaturated/α-hetero) is 1. The van der Waals surface area contributed by atoms with Gasteiger partial charge in [0.05, 0.1) is 18.5 Å². The number of aryl methyl sites for hydroxylation is 1. The number of ether oxygens (including phenoxy) is 1. The number of esters is 1. The molecule has 1 aromatic rings. The monoisotopic (exact) mass is 545 g/mol. The molecule has 3 saturated carbocycles. The molecule has 0 spiro atoms. The molecule has 1 heterocycles. The summed E-state index contributed by atoms with van der Waals surface area (Å²) in [6, 6.07) is 0. The first-order chi connectivity index (χ1) is 17.9. The van der Waals surface area contributed by atoms with Crippen molar-refractivity contribution in [2.75, 3.05) is 24.2 Å². The van der Waals surface area contributed by atoms with Crippen molar-refractivity contribution in [3.8, 4) is 0 Å². The molecule has 0 aromatic carbocycles. The number of nitrogens with one attached hydrogen (secondary N) is 1. The topological polar surface area (TPSA) is 122 Å². The zero-order chi connectivity index (χ0) is 27.9. The van der Waals surface area contributed by atoms with E-state index in [0.717, 1.165) is 24.8 Å². The standard InChI is InChI=1S/C29H43N3O5S/c1-7-27(5)14-21(37-22(35)16-38-26-31-15-17(2)25(32-26)30-12-13-33)28(6)18(3)8-10-29(19(4)24(27)36)11-9-20(34)23(28)29/h7,15,18-19,21,23-24,33,36H,1,8-14,16H2,2-6H3,(H,30,31,32)/t18-,19+,21-,23+,24+,27-,28+,29+/m1/s1. The Balaban J connectivity index is 1.61. The molecule has 38 heavy (non-hydrogen) atoms. The minimum absolute atomic E-state index is 0.0152. The van der Waals surface area contributed by atoms with Crippen molar-refractivity contribution in [1.82, 2.24) is 9.97 Å². The number of aliphatic hydroxyl groups is 2. The quantitative estimate of drug-likeness (QED) is 0.191. The number of rotatable bonds is 8. The van der Waals surface area contributed by atoms with Crippen LogP contribution in [0.4, 0.5) is 5.82 Å². The van der Waals surface area contributed by atoms with Gasteiger partial charge in [-0.2, -0.15) is 0 Å². The third kappa shape index (κ3) is 4.79. The summed E-state index contributed by atoms with van der Waals surface area (Å²) in [5.41, 5.74) is -0.644. The van der Waals surface area contributed by atoms with Crippen LogP contribution >= 0.6 is 11.8 Å². The second-order valence-corrected chi connectivity index (χ2v) is 13.1. The highest BCUT2D eigenvalue weighted by Crippen LogP contribution is 2.68. The first kappa shape index (κ1) is 29.0. The lowest BCUT2D eigenvalue weighted by Gasteiger charge is -2.61. The van der Waals surface area contributed by atoms with E-state index in [1.165, 1.54) is 11.8 Å². The van der Waals surface area contributed by atoms with E-state index in [9.17, 15) is 14.7 Å². The molecule has 8 nitrogen and oxygen atoms in total. The van der Waals surface area contributed by atoms with Gasteiger partial charge in [0.15, 0.2) is 5.16 Å². The van der Waals surface area contributed by atoms with Crippen molar-refractivity contribution >= 4 is 29.3 Å². The number of thioether (sulfide) groups is 1. The molecular formula is C29H43N3O5S. The van der Waals surface area contributed by atoms with Crippen LogP contribution < -0.4 is 5.32 Å². The van der Waals surface area contributed by atoms with E-state index in [4.69, 9.17) is 9.84 Å². The number of aromatic nitrogens is 2. The lowest BCUT2D eigenvalue weighted by molar-refractivity contribution is -0.205. The average Bonchev–Trinajstić information content (AvgIpc) is 3.25. The summed E-state index contributed by atoms with van der Waals surface area (Å²) in [4.78, 5) is 35.6. The van der Waals surface area contributed by atoms with Gasteiger partial charge in [-0.15, -0.1) is 6.58 Å². The maximum Gasteiger partial charge on any atom is 0.316 e. The van der Waals surface area contributed by atoms with E-state index in [1.54, 1.807) is 6.20 Å². The lowest BCUT2D eigenvalue weighted by atomic mass is 9.44. The van der Waals surface area contributed by atoms with Crippen LogP contribution in [0, 0.1) is 40.9 Å². The van der Waals surface area contributed by atoms with E-state index in [1.807, 2.05) is 19.9 Å². The number of ketones is 1. The second-order valence-electron chi connectivity index (χ2n) is 12.2. The van der Waals surface area contributed by atoms with Gasteiger partial charge in [-0.05, 0) is 49.9 Å². The number of carbonyl (C=O) groups is 2. The first-order valence-electron chi connectivity index (χ1n) is 13.8. The van der Waals surface area contributed by atoms with Crippen molar-refractivity contribution in [3.63, 3.8) is 0 Å². The molecule has 3 aliphatic carbocycles. The summed E-state index contributed by atoms with van der Waals surface area (Å²) in [7, 11) is 0. The summed E-state index contributed by atoms with van der Waals surface area (Å²) in [5.74, 6) is 0.374. The van der Waals surface area contributed by atoms with Crippen LogP contribution in [0.2, 0.25) is 0 Å². The molecule has 1 aromatic heterocycles. The maximum absolute atomic E-state index is 13.5. The van der Waals surface area contributed by atoms with Gasteiger partial charge in [0, 0.05) is 41.5 Å². The van der Waals surface area contributed by atoms with Crippen LogP contribution in [0.15, 0.2) is 24.0 Å². The van der Waals surface area contributed by atoms with Crippen molar-refractivity contribution in [1.29, 1.82) is 0 Å². The van der Waals surface area contributed by atoms with Crippen LogP contribution in [-0.4, -0.2) is 63.0 Å². The first-order valence-corrected chi connectivity index (χ1v) is 14.8. The van der Waals surface area contributed by atoms with Crippen LogP contribution in [0.5, 0.6) is 0 Å². The summed E-state index contributed by atoms with van der Waals surface area (Å²) >= 11 is 1.20. The molecule has 3 fully saturated rings. The molecule has 3 aliphatic rings. The van der Waals surface area contributed by atoms with E-state index in [0.29, 0.717) is 30.4 Å². The molecule has 0 unspecified atom stereocenters. The van der Waals surface area contributed by atoms with E-state index < -0.39 is 29.0 Å². The van der Waals surface area contributed by atoms with Crippen LogP contribution in [-0.2, 0) is 14.3 Å². The number of hydrogen-bond donors (Lipinski definition) is 3. The molecule has 0 saturated heterocycles. The smallest absolute Gasteiger partial charge is 0.316 e. The number of anilines is 1. The maximum atomic E-state index is 13.5. The fourth-order valence-corrected chi connectivity index (χ4v) is 8.26. The fraction of sp³-hybridized carbons (Fsp3) is 0.724. The molecule has 0 radical (unpaired) electrons. The van der Waals surface area contributed by atoms with Gasteiger partial charge in [-0.3, -0.25) is 9.59 Å². The Morgan fingerprint density at radius 1 is 1.34 bits per heavy atom. The van der Waals surface area contributed by atoms with E-state index in [2.05, 4.69) is 42.6 Å². The van der Waals surface area contributed by atoms with Gasteiger partial charge in [0.2, 0.25) is 0 Å². The van der Waals surface area contributed by atoms with Gasteiger partial charge in [0.1, 0.15) is 17.7 Å². The Hall–Kier alpha value is -1.97. The molecular weight excluding hydrogens is 502 g/mol. The Labute approximate surface area is 230 Å². The number of aliphatic hydroxyl groups excluding tert-OH is 2. The normalized spacial score (nSPS) is 38.6. The van der Waals surface area contributed by atoms with E-state index >= 15 is 0 Å². The molecule has 4 rings (SSSR count). The van der Waals surface area contributed by atoms with E-state index in [-0.39, 0.29) is 41.3 Å². The average molecular weight is 546 g/mol. The van der Waals surface area contributed by atoms with Crippen LogP contribution in [0.1, 0.15) is 65.4 Å². The number of nitrogens with zero attached hydrogens (tertiary/aromatic N) is 2. The van der Waals surface area contributed by atoms with Gasteiger partial charge in [-0.1, -0.05) is 45.5 Å². The minimum atomic E-state index is -0.687. The lowest BCUT2D eigenvalue weighted by Crippen LogP contribution is -2.63. The zero-order valence-corrected chi connectivity index (χ0v) is 24.1. The fourth-order valence-electron chi connectivity index (χ4n) is 7.67. The third-order valence-corrected chi connectivity index (χ3v) is 11.1. The van der Waals surface area contributed by atoms with Crippen molar-refractivity contribution in [3.05, 3.63) is 24.4 Å². The Bertz CT molecular complexity index is 1080. The highest BCUT2D eigenvalue weighted by atomic mass is 32.2. The summed E-state index contributed by atoms with van der Waals surface area (Å²) in [6.45, 7) is 14.7. The second kappa shape index (κ2) is 10.9. The predicted octanol–water partition coefficient (Wildman–Crippen LogP) is 4.19. The SMILES string of the molecule is C=C[C@]1(C)C[C@@H](OC(=O)CSc2ncc(C)c(NCCO)n2)[C@]2(C)[C@H](C)CC[C@]3(CCC(=O)[C@H]32)[C@@H](C)[C@@H]1O. The number of hydrogen-bond acceptors (Lipinski definition) is 9. The molecule has 8 atom stereocenters. The molecule has 210 valence electrons. The molecule has 9 heteroatoms. The third-order valence-electron chi connectivity index (χ3n) is 10.2. The van der Waals surface area contributed by atoms with Crippen molar-refractivity contribution in [2.24, 2.45) is 34.0 Å². The summed E-state index contributed by atoms with van der Waals surface area (Å²) in [6.07, 6.45) is 5.81. The molecule has 0 amide bonds. The molecule has 3 N–H and O–H groups in total. The van der Waals surface area contributed by atoms with Crippen molar-refractivity contribution in [2.45, 2.75) is 84.1 Å². The minimum Gasteiger partial charge on any atom is -0.461 e. The zero-order valence-electron chi connectivity index (χ0n) is 23.3. The van der Waals surface area contributed by atoms with Gasteiger partial charge < -0.3 is 20.3 Å². The Kier molecular flexibility index (Phi) is 8.32. The number of carbonyl (C=O) groups excluding carboxylic acids is 2. The van der Waals surface area contributed by atoms with Crippen LogP contribution in [0.25, 0.3) is 0 Å². The molecule has 0 aliphatic heterocycles. The predicted molar refractivity (Wildman–Crippen MR) is 148 cm³/mol. The van der Waals surface area contributed by atoms with Gasteiger partial charge in [-0.25, -0.2) is 9.97 Å². The highest BCUT2D eigenvalue weighted by molar-refractivity contribution is 7.99. The summed E-state index contributed by atoms with van der Waals surface area (Å²) < 4.78 is 6.29. The Morgan fingerprint density at radius 2 is 2.08 bits per heavy atom. The Morgan fingerprint density at radius 3 is 2.76 bits per heavy atom. The molecule has 2 bridgehead atoms. The largest absolute Gasteiger partial charge is 0.461 e.